The number of ether oxygens (including phenoxy) is 2. The van der Waals surface area contributed by atoms with Gasteiger partial charge in [-0.25, -0.2) is 4.98 Å². The molecular weight excluding hydrogens is 382 g/mol. The highest BCUT2D eigenvalue weighted by molar-refractivity contribution is 7.14. The summed E-state index contributed by atoms with van der Waals surface area (Å²) in [6.45, 7) is 1.38. The second-order valence-corrected chi connectivity index (χ2v) is 6.67. The molecule has 0 saturated carbocycles. The van der Waals surface area contributed by atoms with Gasteiger partial charge in [0.05, 0.1) is 17.7 Å². The summed E-state index contributed by atoms with van der Waals surface area (Å²) < 4.78 is 10.5. The van der Waals surface area contributed by atoms with Crippen LogP contribution in [0.1, 0.15) is 5.56 Å². The number of methoxy groups -OCH3 is 1. The van der Waals surface area contributed by atoms with Crippen LogP contribution in [0, 0.1) is 17.0 Å². The molecule has 0 aliphatic heterocycles. The monoisotopic (exact) mass is 399 g/mol. The molecule has 0 spiro atoms. The van der Waals surface area contributed by atoms with Crippen molar-refractivity contribution in [2.24, 2.45) is 0 Å². The molecular formula is C19H17N3O5S. The van der Waals surface area contributed by atoms with Crippen molar-refractivity contribution in [3.8, 4) is 22.8 Å². The number of carbonyl (C=O) groups is 1. The topological polar surface area (TPSA) is 104 Å². The van der Waals surface area contributed by atoms with Crippen LogP contribution in [0.5, 0.6) is 11.5 Å². The van der Waals surface area contributed by atoms with Gasteiger partial charge in [-0.15, -0.1) is 11.3 Å². The zero-order valence-corrected chi connectivity index (χ0v) is 16.0. The maximum atomic E-state index is 12.1. The molecule has 144 valence electrons. The Morgan fingerprint density at radius 3 is 2.57 bits per heavy atom. The van der Waals surface area contributed by atoms with Crippen molar-refractivity contribution >= 4 is 28.1 Å². The van der Waals surface area contributed by atoms with Crippen molar-refractivity contribution in [1.29, 1.82) is 0 Å². The van der Waals surface area contributed by atoms with E-state index in [-0.39, 0.29) is 18.2 Å². The molecule has 28 heavy (non-hydrogen) atoms. The minimum Gasteiger partial charge on any atom is -0.497 e. The van der Waals surface area contributed by atoms with Crippen molar-refractivity contribution in [2.45, 2.75) is 6.92 Å². The zero-order valence-electron chi connectivity index (χ0n) is 15.2. The largest absolute Gasteiger partial charge is 0.497 e. The van der Waals surface area contributed by atoms with Gasteiger partial charge in [0.15, 0.2) is 11.7 Å². The number of nitro groups is 1. The number of nitrogens with zero attached hydrogens (tertiary/aromatic N) is 2. The Bertz CT molecular complexity index is 1000. The number of benzene rings is 2. The maximum absolute atomic E-state index is 12.1. The van der Waals surface area contributed by atoms with Gasteiger partial charge in [-0.1, -0.05) is 0 Å². The summed E-state index contributed by atoms with van der Waals surface area (Å²) in [7, 11) is 1.60. The molecule has 2 aromatic carbocycles. The Morgan fingerprint density at radius 2 is 1.93 bits per heavy atom. The lowest BCUT2D eigenvalue weighted by atomic mass is 10.2. The quantitative estimate of drug-likeness (QED) is 0.475. The second-order valence-electron chi connectivity index (χ2n) is 5.81. The first kappa shape index (κ1) is 19.3. The van der Waals surface area contributed by atoms with Gasteiger partial charge >= 0.3 is 0 Å². The van der Waals surface area contributed by atoms with Crippen molar-refractivity contribution in [1.82, 2.24) is 4.98 Å². The van der Waals surface area contributed by atoms with Crippen LogP contribution >= 0.6 is 11.3 Å². The molecule has 1 N–H and O–H groups in total. The molecule has 0 aliphatic rings. The van der Waals surface area contributed by atoms with Gasteiger partial charge < -0.3 is 9.47 Å². The van der Waals surface area contributed by atoms with E-state index in [0.29, 0.717) is 16.4 Å². The lowest BCUT2D eigenvalue weighted by Crippen LogP contribution is -2.20. The minimum atomic E-state index is -0.464. The Kier molecular flexibility index (Phi) is 5.85. The summed E-state index contributed by atoms with van der Waals surface area (Å²) in [5.41, 5.74) is 2.13. The summed E-state index contributed by atoms with van der Waals surface area (Å²) in [4.78, 5) is 26.8. The number of rotatable bonds is 7. The number of thiazole rings is 1. The highest BCUT2D eigenvalue weighted by Crippen LogP contribution is 2.27. The maximum Gasteiger partial charge on any atom is 0.272 e. The summed E-state index contributed by atoms with van der Waals surface area (Å²) in [6, 6.07) is 11.8. The smallest absolute Gasteiger partial charge is 0.272 e. The molecule has 0 atom stereocenters. The van der Waals surface area contributed by atoms with E-state index < -0.39 is 4.92 Å². The fourth-order valence-corrected chi connectivity index (χ4v) is 3.19. The van der Waals surface area contributed by atoms with E-state index in [2.05, 4.69) is 10.3 Å². The number of nitrogens with one attached hydrogen (secondary N) is 1. The number of nitro benzene ring substituents is 1. The molecule has 1 aromatic heterocycles. The van der Waals surface area contributed by atoms with Crippen LogP contribution < -0.4 is 14.8 Å². The summed E-state index contributed by atoms with van der Waals surface area (Å²) in [5, 5.41) is 15.8. The first-order chi connectivity index (χ1) is 13.5. The highest BCUT2D eigenvalue weighted by atomic mass is 32.1. The van der Waals surface area contributed by atoms with Crippen LogP contribution in [-0.4, -0.2) is 29.5 Å². The first-order valence-corrected chi connectivity index (χ1v) is 9.12. The number of anilines is 1. The molecule has 1 amide bonds. The summed E-state index contributed by atoms with van der Waals surface area (Å²) in [6.07, 6.45) is 0. The summed E-state index contributed by atoms with van der Waals surface area (Å²) in [5.74, 6) is 0.772. The van der Waals surface area contributed by atoms with E-state index in [0.717, 1.165) is 17.0 Å². The van der Waals surface area contributed by atoms with E-state index >= 15 is 0 Å². The number of amides is 1. The SMILES string of the molecule is COc1ccc(-c2csc(NC(=O)COc3ccc([N+](=O)[O-])c(C)c3)n2)cc1. The molecule has 3 aromatic rings. The molecule has 8 nitrogen and oxygen atoms in total. The van der Waals surface area contributed by atoms with Crippen LogP contribution in [-0.2, 0) is 4.79 Å². The lowest BCUT2D eigenvalue weighted by molar-refractivity contribution is -0.385. The average molecular weight is 399 g/mol. The standard InChI is InChI=1S/C19H17N3O5S/c1-12-9-15(7-8-17(12)22(24)25)27-10-18(23)21-19-20-16(11-28-19)13-3-5-14(26-2)6-4-13/h3-9,11H,10H2,1-2H3,(H,20,21,23). The molecule has 0 unspecified atom stereocenters. The number of hydrogen-bond acceptors (Lipinski definition) is 7. The van der Waals surface area contributed by atoms with Crippen molar-refractivity contribution in [2.75, 3.05) is 19.0 Å². The normalized spacial score (nSPS) is 10.4. The summed E-state index contributed by atoms with van der Waals surface area (Å²) >= 11 is 1.31. The van der Waals surface area contributed by atoms with E-state index in [1.54, 1.807) is 14.0 Å². The molecule has 1 heterocycles. The van der Waals surface area contributed by atoms with E-state index in [4.69, 9.17) is 9.47 Å². The Balaban J connectivity index is 1.57. The van der Waals surface area contributed by atoms with Gasteiger partial charge in [0, 0.05) is 22.6 Å². The van der Waals surface area contributed by atoms with Crippen molar-refractivity contribution in [3.63, 3.8) is 0 Å². The number of aryl methyl sites for hydroxylation is 1. The van der Waals surface area contributed by atoms with Crippen LogP contribution in [0.15, 0.2) is 47.8 Å². The molecule has 0 fully saturated rings. The molecule has 0 saturated heterocycles. The fourth-order valence-electron chi connectivity index (χ4n) is 2.45. The predicted molar refractivity (Wildman–Crippen MR) is 106 cm³/mol. The van der Waals surface area contributed by atoms with Crippen molar-refractivity contribution in [3.05, 3.63) is 63.5 Å². The van der Waals surface area contributed by atoms with Gasteiger partial charge in [-0.05, 0) is 43.3 Å². The molecule has 3 rings (SSSR count). The van der Waals surface area contributed by atoms with E-state index in [9.17, 15) is 14.9 Å². The van der Waals surface area contributed by atoms with Gasteiger partial charge in [-0.3, -0.25) is 20.2 Å². The molecule has 0 aliphatic carbocycles. The first-order valence-electron chi connectivity index (χ1n) is 8.24. The third kappa shape index (κ3) is 4.63. The van der Waals surface area contributed by atoms with E-state index in [1.807, 2.05) is 29.6 Å². The van der Waals surface area contributed by atoms with Gasteiger partial charge in [-0.2, -0.15) is 0 Å². The number of hydrogen-bond donors (Lipinski definition) is 1. The third-order valence-electron chi connectivity index (χ3n) is 3.87. The average Bonchev–Trinajstić information content (AvgIpc) is 3.14. The fraction of sp³-hybridized carbons (Fsp3) is 0.158. The van der Waals surface area contributed by atoms with Crippen LogP contribution in [0.25, 0.3) is 11.3 Å². The van der Waals surface area contributed by atoms with Gasteiger partial charge in [0.25, 0.3) is 11.6 Å². The lowest BCUT2D eigenvalue weighted by Gasteiger charge is -2.07. The van der Waals surface area contributed by atoms with Crippen LogP contribution in [0.2, 0.25) is 0 Å². The minimum absolute atomic E-state index is 0.00523. The Hall–Kier alpha value is -3.46. The van der Waals surface area contributed by atoms with E-state index in [1.165, 1.54) is 29.5 Å². The number of aromatic nitrogens is 1. The Labute approximate surface area is 164 Å². The molecule has 0 bridgehead atoms. The van der Waals surface area contributed by atoms with Crippen molar-refractivity contribution < 1.29 is 19.2 Å². The predicted octanol–water partition coefficient (Wildman–Crippen LogP) is 4.05. The number of carbonyl (C=O) groups excluding carboxylic acids is 1. The zero-order chi connectivity index (χ0) is 20.1. The van der Waals surface area contributed by atoms with Gasteiger partial charge in [0.2, 0.25) is 0 Å². The van der Waals surface area contributed by atoms with Crippen LogP contribution in [0.3, 0.4) is 0 Å². The van der Waals surface area contributed by atoms with Gasteiger partial charge in [0.1, 0.15) is 11.5 Å². The Morgan fingerprint density at radius 1 is 1.21 bits per heavy atom. The highest BCUT2D eigenvalue weighted by Gasteiger charge is 2.12. The molecule has 9 heteroatoms. The second kappa shape index (κ2) is 8.49. The van der Waals surface area contributed by atoms with Crippen LogP contribution in [0.4, 0.5) is 10.8 Å². The molecule has 0 radical (unpaired) electrons. The third-order valence-corrected chi connectivity index (χ3v) is 4.63.